The minimum Gasteiger partial charge on any atom is -0.329 e. The van der Waals surface area contributed by atoms with E-state index in [9.17, 15) is 9.59 Å². The van der Waals surface area contributed by atoms with Gasteiger partial charge in [-0.25, -0.2) is 0 Å². The maximum Gasteiger partial charge on any atom is 0.234 e. The molecule has 3 N–H and O–H groups in total. The lowest BCUT2D eigenvalue weighted by molar-refractivity contribution is -0.157. The molecule has 2 aliphatic heterocycles. The fraction of sp³-hybridized carbons (Fsp3) is 0.714. The second kappa shape index (κ2) is 1.82. The van der Waals surface area contributed by atoms with Gasteiger partial charge in [0.05, 0.1) is 5.41 Å². The molecule has 2 saturated heterocycles. The van der Waals surface area contributed by atoms with Crippen LogP contribution in [-0.2, 0) is 9.59 Å². The van der Waals surface area contributed by atoms with Gasteiger partial charge in [-0.2, -0.15) is 0 Å². The average molecular weight is 154 g/mol. The number of amides is 2. The summed E-state index contributed by atoms with van der Waals surface area (Å²) in [5.41, 5.74) is 5.05. The molecule has 3 aliphatic rings. The second-order valence-electron chi connectivity index (χ2n) is 3.41. The molecule has 60 valence electrons. The first-order chi connectivity index (χ1) is 5.18. The highest BCUT2D eigenvalue weighted by Crippen LogP contribution is 2.48. The summed E-state index contributed by atoms with van der Waals surface area (Å²) in [5.74, 6) is -0.242. The van der Waals surface area contributed by atoms with Crippen LogP contribution < -0.4 is 11.1 Å². The molecule has 11 heavy (non-hydrogen) atoms. The Kier molecular flexibility index (Phi) is 1.12. The van der Waals surface area contributed by atoms with E-state index in [0.717, 1.165) is 0 Å². The van der Waals surface area contributed by atoms with Crippen molar-refractivity contribution in [3.8, 4) is 0 Å². The van der Waals surface area contributed by atoms with Gasteiger partial charge in [0.1, 0.15) is 0 Å². The molecule has 3 rings (SSSR count). The zero-order valence-electron chi connectivity index (χ0n) is 6.09. The van der Waals surface area contributed by atoms with Crippen LogP contribution in [0.15, 0.2) is 0 Å². The fourth-order valence-corrected chi connectivity index (χ4v) is 1.86. The van der Waals surface area contributed by atoms with Gasteiger partial charge in [0, 0.05) is 12.5 Å². The minimum absolute atomic E-state index is 0.0521. The van der Waals surface area contributed by atoms with Crippen LogP contribution in [-0.4, -0.2) is 18.4 Å². The molecular formula is C7H10N2O2. The summed E-state index contributed by atoms with van der Waals surface area (Å²) >= 11 is 0. The van der Waals surface area contributed by atoms with Crippen LogP contribution in [0.1, 0.15) is 12.8 Å². The number of carbonyl (C=O) groups is 2. The van der Waals surface area contributed by atoms with Crippen LogP contribution >= 0.6 is 0 Å². The van der Waals surface area contributed by atoms with E-state index in [1.807, 2.05) is 0 Å². The molecule has 1 aliphatic carbocycles. The largest absolute Gasteiger partial charge is 0.329 e. The number of rotatable bonds is 1. The van der Waals surface area contributed by atoms with Gasteiger partial charge in [0.2, 0.25) is 11.8 Å². The number of nitrogens with one attached hydrogen (secondary N) is 1. The summed E-state index contributed by atoms with van der Waals surface area (Å²) in [4.78, 5) is 22.1. The van der Waals surface area contributed by atoms with Crippen molar-refractivity contribution in [3.05, 3.63) is 0 Å². The summed E-state index contributed by atoms with van der Waals surface area (Å²) in [6.45, 7) is 0.364. The Morgan fingerprint density at radius 1 is 1.55 bits per heavy atom. The number of hydrogen-bond donors (Lipinski definition) is 2. The monoisotopic (exact) mass is 154 g/mol. The van der Waals surface area contributed by atoms with E-state index in [0.29, 0.717) is 19.4 Å². The molecule has 0 aromatic heterocycles. The Balaban J connectivity index is 2.23. The van der Waals surface area contributed by atoms with Crippen LogP contribution in [0.3, 0.4) is 0 Å². The normalized spacial score (nSPS) is 41.4. The molecule has 2 heterocycles. The summed E-state index contributed by atoms with van der Waals surface area (Å²) < 4.78 is 0. The van der Waals surface area contributed by atoms with Crippen molar-refractivity contribution >= 4 is 11.8 Å². The Morgan fingerprint density at radius 3 is 2.64 bits per heavy atom. The first-order valence-electron chi connectivity index (χ1n) is 3.73. The standard InChI is InChI=1S/C7H10N2O2/c8-3-7-1-4(2-7)5(10)9-6(7)11/h4H,1-3,8H2,(H,9,10,11). The van der Waals surface area contributed by atoms with Gasteiger partial charge in [-0.1, -0.05) is 0 Å². The van der Waals surface area contributed by atoms with E-state index in [4.69, 9.17) is 5.73 Å². The fourth-order valence-electron chi connectivity index (χ4n) is 1.86. The predicted octanol–water partition coefficient (Wildman–Crippen LogP) is -1.00. The van der Waals surface area contributed by atoms with Crippen LogP contribution in [0, 0.1) is 11.3 Å². The number of fused-ring (bicyclic) bond motifs is 2. The molecule has 2 bridgehead atoms. The summed E-state index contributed by atoms with van der Waals surface area (Å²) in [7, 11) is 0. The molecule has 4 nitrogen and oxygen atoms in total. The zero-order chi connectivity index (χ0) is 8.06. The van der Waals surface area contributed by atoms with Gasteiger partial charge in [-0.15, -0.1) is 0 Å². The topological polar surface area (TPSA) is 72.2 Å². The Bertz CT molecular complexity index is 231. The van der Waals surface area contributed by atoms with Gasteiger partial charge in [0.25, 0.3) is 0 Å². The quantitative estimate of drug-likeness (QED) is 0.476. The Hall–Kier alpha value is -0.900. The van der Waals surface area contributed by atoms with Crippen molar-refractivity contribution in [2.24, 2.45) is 17.1 Å². The lowest BCUT2D eigenvalue weighted by atomic mass is 9.58. The maximum absolute atomic E-state index is 11.2. The Labute approximate surface area is 64.1 Å². The van der Waals surface area contributed by atoms with E-state index < -0.39 is 5.41 Å². The molecule has 0 unspecified atom stereocenters. The lowest BCUT2D eigenvalue weighted by Crippen LogP contribution is -2.64. The number of hydrogen-bond acceptors (Lipinski definition) is 3. The smallest absolute Gasteiger partial charge is 0.234 e. The maximum atomic E-state index is 11.2. The lowest BCUT2D eigenvalue weighted by Gasteiger charge is -2.48. The number of piperidine rings is 2. The molecular weight excluding hydrogens is 144 g/mol. The molecule has 0 atom stereocenters. The van der Waals surface area contributed by atoms with Gasteiger partial charge in [-0.05, 0) is 12.8 Å². The van der Waals surface area contributed by atoms with Crippen molar-refractivity contribution in [3.63, 3.8) is 0 Å². The van der Waals surface area contributed by atoms with Gasteiger partial charge in [-0.3, -0.25) is 14.9 Å². The molecule has 0 radical (unpaired) electrons. The molecule has 0 aromatic rings. The molecule has 3 fully saturated rings. The Morgan fingerprint density at radius 2 is 2.18 bits per heavy atom. The third-order valence-electron chi connectivity index (χ3n) is 2.75. The van der Waals surface area contributed by atoms with Crippen molar-refractivity contribution < 1.29 is 9.59 Å². The zero-order valence-corrected chi connectivity index (χ0v) is 6.09. The van der Waals surface area contributed by atoms with Gasteiger partial charge >= 0.3 is 0 Å². The van der Waals surface area contributed by atoms with Gasteiger partial charge < -0.3 is 5.73 Å². The van der Waals surface area contributed by atoms with E-state index >= 15 is 0 Å². The van der Waals surface area contributed by atoms with E-state index in [1.54, 1.807) is 0 Å². The van der Waals surface area contributed by atoms with Crippen LogP contribution in [0.5, 0.6) is 0 Å². The van der Waals surface area contributed by atoms with E-state index in [1.165, 1.54) is 0 Å². The van der Waals surface area contributed by atoms with Crippen molar-refractivity contribution in [2.75, 3.05) is 6.54 Å². The molecule has 1 saturated carbocycles. The third kappa shape index (κ3) is 0.673. The second-order valence-corrected chi connectivity index (χ2v) is 3.41. The van der Waals surface area contributed by atoms with Crippen molar-refractivity contribution in [1.29, 1.82) is 0 Å². The molecule has 0 spiro atoms. The molecule has 2 amide bonds. The third-order valence-corrected chi connectivity index (χ3v) is 2.75. The highest BCUT2D eigenvalue weighted by atomic mass is 16.2. The summed E-state index contributed by atoms with van der Waals surface area (Å²) in [6, 6.07) is 0. The van der Waals surface area contributed by atoms with Crippen molar-refractivity contribution in [2.45, 2.75) is 12.8 Å². The van der Waals surface area contributed by atoms with E-state index in [-0.39, 0.29) is 17.7 Å². The van der Waals surface area contributed by atoms with Crippen LogP contribution in [0.4, 0.5) is 0 Å². The van der Waals surface area contributed by atoms with Crippen LogP contribution in [0.25, 0.3) is 0 Å². The molecule has 0 aromatic carbocycles. The minimum atomic E-state index is -0.390. The highest BCUT2D eigenvalue weighted by Gasteiger charge is 2.56. The number of imide groups is 1. The van der Waals surface area contributed by atoms with Crippen LogP contribution in [0.2, 0.25) is 0 Å². The number of carbonyl (C=O) groups excluding carboxylic acids is 2. The van der Waals surface area contributed by atoms with Gasteiger partial charge in [0.15, 0.2) is 0 Å². The summed E-state index contributed by atoms with van der Waals surface area (Å²) in [5, 5.41) is 2.31. The average Bonchev–Trinajstić information content (AvgIpc) is 1.84. The predicted molar refractivity (Wildman–Crippen MR) is 37.4 cm³/mol. The number of nitrogens with two attached hydrogens (primary N) is 1. The first-order valence-corrected chi connectivity index (χ1v) is 3.73. The van der Waals surface area contributed by atoms with Crippen molar-refractivity contribution in [1.82, 2.24) is 5.32 Å². The van der Waals surface area contributed by atoms with E-state index in [2.05, 4.69) is 5.32 Å². The molecule has 4 heteroatoms. The highest BCUT2D eigenvalue weighted by molar-refractivity contribution is 6.05. The SMILES string of the molecule is NCC12CC(C1)C(=O)NC2=O. The summed E-state index contributed by atoms with van der Waals surface area (Å²) in [6.07, 6.45) is 1.32. The first kappa shape index (κ1) is 6.79.